The predicted octanol–water partition coefficient (Wildman–Crippen LogP) is 6.09. The largest absolute Gasteiger partial charge is 0.351 e. The summed E-state index contributed by atoms with van der Waals surface area (Å²) in [5, 5.41) is 5.13. The van der Waals surface area contributed by atoms with E-state index in [-0.39, 0.29) is 11.7 Å². The zero-order valence-corrected chi connectivity index (χ0v) is 18.0. The second-order valence-electron chi connectivity index (χ2n) is 7.41. The monoisotopic (exact) mass is 436 g/mol. The normalized spacial score (nSPS) is 15.8. The number of hydrogen-bond donors (Lipinski definition) is 1. The van der Waals surface area contributed by atoms with Gasteiger partial charge in [0.05, 0.1) is 16.5 Å². The van der Waals surface area contributed by atoms with Crippen LogP contribution in [0.5, 0.6) is 0 Å². The molecule has 1 aliphatic heterocycles. The fraction of sp³-hybridized carbons (Fsp3) is 0.0370. The third-order valence-electron chi connectivity index (χ3n) is 5.42. The maximum atomic E-state index is 13.8. The molecule has 0 unspecified atom stereocenters. The van der Waals surface area contributed by atoms with Crippen molar-refractivity contribution in [1.29, 1.82) is 0 Å². The number of thiophene rings is 1. The number of carbonyl (C=O) groups excluding carboxylic acids is 2. The first-order valence-corrected chi connectivity index (χ1v) is 11.2. The number of hydrogen-bond acceptors (Lipinski definition) is 4. The lowest BCUT2D eigenvalue weighted by Crippen LogP contribution is -2.31. The molecule has 1 aliphatic rings. The number of para-hydroxylation sites is 2. The van der Waals surface area contributed by atoms with Gasteiger partial charge in [-0.05, 0) is 41.3 Å². The van der Waals surface area contributed by atoms with Crippen molar-refractivity contribution < 1.29 is 9.59 Å². The molecule has 5 heteroatoms. The second kappa shape index (κ2) is 8.65. The number of rotatable bonds is 6. The number of amides is 1. The number of nitrogens with zero attached hydrogens (tertiary/aromatic N) is 1. The quantitative estimate of drug-likeness (QED) is 0.372. The van der Waals surface area contributed by atoms with Gasteiger partial charge in [-0.1, -0.05) is 72.8 Å². The molecule has 3 aromatic carbocycles. The molecule has 1 N–H and O–H groups in total. The fourth-order valence-corrected chi connectivity index (χ4v) is 4.67. The highest BCUT2D eigenvalue weighted by molar-refractivity contribution is 7.12. The van der Waals surface area contributed by atoms with Crippen molar-refractivity contribution in [2.75, 3.05) is 10.2 Å². The minimum absolute atomic E-state index is 0.140. The number of benzene rings is 3. The molecule has 0 aliphatic carbocycles. The Balaban J connectivity index is 1.72. The summed E-state index contributed by atoms with van der Waals surface area (Å²) in [6, 6.07) is 31.8. The minimum atomic E-state index is -0.535. The molecule has 2 heterocycles. The molecule has 1 aromatic heterocycles. The molecule has 1 atom stereocenters. The molecule has 4 aromatic rings. The molecule has 0 bridgehead atoms. The number of Topliss-reactive ketones (excluding diaryl/α,β-unsaturated/α-hetero) is 1. The van der Waals surface area contributed by atoms with Gasteiger partial charge in [-0.25, -0.2) is 0 Å². The van der Waals surface area contributed by atoms with Crippen LogP contribution in [0, 0.1) is 0 Å². The Morgan fingerprint density at radius 3 is 2.03 bits per heavy atom. The third kappa shape index (κ3) is 3.63. The Morgan fingerprint density at radius 2 is 1.41 bits per heavy atom. The van der Waals surface area contributed by atoms with Gasteiger partial charge < -0.3 is 5.32 Å². The predicted molar refractivity (Wildman–Crippen MR) is 129 cm³/mol. The Bertz CT molecular complexity index is 1270. The summed E-state index contributed by atoms with van der Waals surface area (Å²) < 4.78 is 0. The highest BCUT2D eigenvalue weighted by Gasteiger charge is 2.44. The Kier molecular flexibility index (Phi) is 5.40. The number of ketones is 1. The smallest absolute Gasteiger partial charge is 0.276 e. The molecule has 4 nitrogen and oxygen atoms in total. The number of anilines is 2. The number of carbonyl (C=O) groups is 2. The Labute approximate surface area is 190 Å². The van der Waals surface area contributed by atoms with E-state index in [9.17, 15) is 9.59 Å². The summed E-state index contributed by atoms with van der Waals surface area (Å²) in [4.78, 5) is 29.9. The van der Waals surface area contributed by atoms with Crippen LogP contribution in [0.15, 0.2) is 120 Å². The van der Waals surface area contributed by atoms with Crippen LogP contribution in [0.25, 0.3) is 0 Å². The molecule has 1 amide bonds. The zero-order chi connectivity index (χ0) is 21.9. The first-order chi connectivity index (χ1) is 15.7. The van der Waals surface area contributed by atoms with Gasteiger partial charge in [0, 0.05) is 11.4 Å². The van der Waals surface area contributed by atoms with Crippen molar-refractivity contribution in [3.63, 3.8) is 0 Å². The number of nitrogens with one attached hydrogen (secondary N) is 1. The molecule has 156 valence electrons. The summed E-state index contributed by atoms with van der Waals surface area (Å²) in [7, 11) is 0. The first-order valence-electron chi connectivity index (χ1n) is 10.3. The highest BCUT2D eigenvalue weighted by atomic mass is 32.1. The van der Waals surface area contributed by atoms with E-state index in [2.05, 4.69) is 5.32 Å². The zero-order valence-electron chi connectivity index (χ0n) is 17.1. The van der Waals surface area contributed by atoms with Crippen molar-refractivity contribution in [3.8, 4) is 0 Å². The van der Waals surface area contributed by atoms with Crippen LogP contribution in [0.3, 0.4) is 0 Å². The van der Waals surface area contributed by atoms with Gasteiger partial charge in [0.15, 0.2) is 0 Å². The molecule has 5 rings (SSSR count). The lowest BCUT2D eigenvalue weighted by atomic mass is 9.94. The average molecular weight is 437 g/mol. The van der Waals surface area contributed by atoms with E-state index >= 15 is 0 Å². The molecular formula is C27H20N2O2S. The van der Waals surface area contributed by atoms with Gasteiger partial charge in [-0.3, -0.25) is 14.5 Å². The van der Waals surface area contributed by atoms with Gasteiger partial charge >= 0.3 is 0 Å². The Morgan fingerprint density at radius 1 is 0.781 bits per heavy atom. The van der Waals surface area contributed by atoms with Crippen LogP contribution in [0.4, 0.5) is 11.4 Å². The standard InChI is InChI=1S/C27H20N2O2S/c30-26(22-17-10-18-32-22)23-24(28-20-13-6-2-7-14-20)27(31)29(21-15-8-3-9-16-21)25(23)19-11-4-1-5-12-19/h1-18,25,28H/t25-/m1/s1. The van der Waals surface area contributed by atoms with Crippen LogP contribution < -0.4 is 10.2 Å². The van der Waals surface area contributed by atoms with E-state index in [4.69, 9.17) is 0 Å². The maximum absolute atomic E-state index is 13.8. The van der Waals surface area contributed by atoms with E-state index in [1.165, 1.54) is 11.3 Å². The molecule has 0 spiro atoms. The van der Waals surface area contributed by atoms with Crippen LogP contribution in [-0.2, 0) is 4.79 Å². The molecule has 0 saturated heterocycles. The second-order valence-corrected chi connectivity index (χ2v) is 8.36. The van der Waals surface area contributed by atoms with Crippen molar-refractivity contribution in [2.45, 2.75) is 6.04 Å². The van der Waals surface area contributed by atoms with Crippen LogP contribution in [0.1, 0.15) is 21.3 Å². The summed E-state index contributed by atoms with van der Waals surface area (Å²) in [6.07, 6.45) is 0. The van der Waals surface area contributed by atoms with E-state index < -0.39 is 6.04 Å². The molecular weight excluding hydrogens is 416 g/mol. The van der Waals surface area contributed by atoms with Gasteiger partial charge in [-0.15, -0.1) is 11.3 Å². The van der Waals surface area contributed by atoms with Gasteiger partial charge in [0.25, 0.3) is 5.91 Å². The molecule has 32 heavy (non-hydrogen) atoms. The third-order valence-corrected chi connectivity index (χ3v) is 6.28. The maximum Gasteiger partial charge on any atom is 0.276 e. The van der Waals surface area contributed by atoms with Crippen molar-refractivity contribution in [1.82, 2.24) is 0 Å². The first kappa shape index (κ1) is 20.0. The van der Waals surface area contributed by atoms with Crippen LogP contribution in [-0.4, -0.2) is 11.7 Å². The average Bonchev–Trinajstić information content (AvgIpc) is 3.48. The summed E-state index contributed by atoms with van der Waals surface area (Å²) in [6.45, 7) is 0. The molecule has 0 radical (unpaired) electrons. The lowest BCUT2D eigenvalue weighted by Gasteiger charge is -2.27. The van der Waals surface area contributed by atoms with Crippen molar-refractivity contribution in [2.24, 2.45) is 0 Å². The fourth-order valence-electron chi connectivity index (χ4n) is 3.99. The van der Waals surface area contributed by atoms with E-state index in [1.807, 2.05) is 102 Å². The Hall–Kier alpha value is -3.96. The van der Waals surface area contributed by atoms with E-state index in [1.54, 1.807) is 11.0 Å². The highest BCUT2D eigenvalue weighted by Crippen LogP contribution is 2.43. The van der Waals surface area contributed by atoms with Crippen molar-refractivity contribution >= 4 is 34.4 Å². The topological polar surface area (TPSA) is 49.4 Å². The minimum Gasteiger partial charge on any atom is -0.351 e. The molecule has 0 fully saturated rings. The van der Waals surface area contributed by atoms with Crippen molar-refractivity contribution in [3.05, 3.63) is 130 Å². The lowest BCUT2D eigenvalue weighted by molar-refractivity contribution is -0.114. The summed E-state index contributed by atoms with van der Waals surface area (Å²) >= 11 is 1.38. The molecule has 0 saturated carbocycles. The SMILES string of the molecule is O=C(C1=C(Nc2ccccc2)C(=O)N(c2ccccc2)[C@@H]1c1ccccc1)c1cccs1. The van der Waals surface area contributed by atoms with Gasteiger partial charge in [-0.2, -0.15) is 0 Å². The van der Waals surface area contributed by atoms with Gasteiger partial charge in [0.2, 0.25) is 5.78 Å². The summed E-state index contributed by atoms with van der Waals surface area (Å²) in [5.41, 5.74) is 3.15. The van der Waals surface area contributed by atoms with Crippen LogP contribution in [0.2, 0.25) is 0 Å². The van der Waals surface area contributed by atoms with Gasteiger partial charge in [0.1, 0.15) is 5.70 Å². The summed E-state index contributed by atoms with van der Waals surface area (Å²) in [5.74, 6) is -0.368. The van der Waals surface area contributed by atoms with E-state index in [0.29, 0.717) is 16.1 Å². The van der Waals surface area contributed by atoms with Crippen LogP contribution >= 0.6 is 11.3 Å². The van der Waals surface area contributed by atoms with E-state index in [0.717, 1.165) is 16.9 Å².